The maximum absolute atomic E-state index is 13.1. The number of nitrogens with zero attached hydrogens (tertiary/aromatic N) is 2. The quantitative estimate of drug-likeness (QED) is 0.796. The Kier molecular flexibility index (Phi) is 3.87. The molecule has 0 radical (unpaired) electrons. The van der Waals surface area contributed by atoms with Gasteiger partial charge in [0.15, 0.2) is 0 Å². The van der Waals surface area contributed by atoms with Gasteiger partial charge in [-0.2, -0.15) is 0 Å². The van der Waals surface area contributed by atoms with E-state index in [2.05, 4.69) is 18.7 Å². The molecule has 0 aromatic heterocycles. The number of amides is 2. The molecule has 0 N–H and O–H groups in total. The van der Waals surface area contributed by atoms with Crippen LogP contribution in [0.2, 0.25) is 0 Å². The minimum absolute atomic E-state index is 0.0205. The monoisotopic (exact) mass is 348 g/mol. The number of likely N-dealkylation sites (tertiary alicyclic amines) is 1. The van der Waals surface area contributed by atoms with Gasteiger partial charge in [0.05, 0.1) is 18.4 Å². The molecular formula is C22H24N2O2. The van der Waals surface area contributed by atoms with Crippen LogP contribution in [-0.2, 0) is 16.1 Å². The lowest BCUT2D eigenvalue weighted by molar-refractivity contribution is -0.141. The van der Waals surface area contributed by atoms with Gasteiger partial charge in [0, 0.05) is 18.8 Å². The molecule has 0 bridgehead atoms. The Morgan fingerprint density at radius 3 is 2.12 bits per heavy atom. The van der Waals surface area contributed by atoms with E-state index in [1.807, 2.05) is 67.7 Å². The topological polar surface area (TPSA) is 40.6 Å². The Balaban J connectivity index is 1.62. The zero-order valence-corrected chi connectivity index (χ0v) is 15.4. The third kappa shape index (κ3) is 2.36. The van der Waals surface area contributed by atoms with E-state index < -0.39 is 0 Å². The van der Waals surface area contributed by atoms with Crippen molar-refractivity contribution in [3.63, 3.8) is 0 Å². The fourth-order valence-electron chi connectivity index (χ4n) is 4.86. The van der Waals surface area contributed by atoms with Crippen molar-refractivity contribution in [2.45, 2.75) is 26.4 Å². The molecule has 0 spiro atoms. The second-order valence-electron chi connectivity index (χ2n) is 7.96. The van der Waals surface area contributed by atoms with Crippen molar-refractivity contribution >= 4 is 17.5 Å². The predicted molar refractivity (Wildman–Crippen MR) is 101 cm³/mol. The Bertz CT molecular complexity index is 832. The highest BCUT2D eigenvalue weighted by molar-refractivity contribution is 6.08. The molecule has 134 valence electrons. The van der Waals surface area contributed by atoms with E-state index in [4.69, 9.17) is 0 Å². The molecular weight excluding hydrogens is 324 g/mol. The number of anilines is 1. The molecule has 3 atom stereocenters. The minimum Gasteiger partial charge on any atom is -0.370 e. The third-order valence-corrected chi connectivity index (χ3v) is 6.11. The summed E-state index contributed by atoms with van der Waals surface area (Å²) in [5.41, 5.74) is 1.82. The molecule has 2 aliphatic rings. The average molecular weight is 348 g/mol. The molecule has 4 nitrogen and oxygen atoms in total. The predicted octanol–water partition coefficient (Wildman–Crippen LogP) is 3.33. The van der Waals surface area contributed by atoms with Crippen LogP contribution in [0, 0.1) is 17.3 Å². The van der Waals surface area contributed by atoms with E-state index in [0.29, 0.717) is 6.54 Å². The number of carbonyl (C=O) groups excluding carboxylic acids is 2. The summed E-state index contributed by atoms with van der Waals surface area (Å²) in [4.78, 5) is 29.7. The summed E-state index contributed by atoms with van der Waals surface area (Å²) < 4.78 is 0. The first-order chi connectivity index (χ1) is 12.4. The molecule has 2 amide bonds. The first-order valence-corrected chi connectivity index (χ1v) is 9.10. The maximum atomic E-state index is 13.1. The highest BCUT2D eigenvalue weighted by atomic mass is 16.2. The average Bonchev–Trinajstić information content (AvgIpc) is 2.86. The summed E-state index contributed by atoms with van der Waals surface area (Å²) in [5, 5.41) is 0. The van der Waals surface area contributed by atoms with Crippen LogP contribution in [-0.4, -0.2) is 29.8 Å². The summed E-state index contributed by atoms with van der Waals surface area (Å²) in [6.07, 6.45) is 0. The molecule has 1 aliphatic carbocycles. The first-order valence-electron chi connectivity index (χ1n) is 9.10. The van der Waals surface area contributed by atoms with Gasteiger partial charge in [-0.1, -0.05) is 62.4 Å². The van der Waals surface area contributed by atoms with E-state index >= 15 is 0 Å². The lowest BCUT2D eigenvalue weighted by atomic mass is 9.52. The molecule has 26 heavy (non-hydrogen) atoms. The van der Waals surface area contributed by atoms with Gasteiger partial charge in [-0.25, -0.2) is 0 Å². The standard InChI is InChI=1S/C22H24N2O2/c1-22(2)18-17(19(22)23(3)16-12-8-5-9-13-16)20(25)24(21(18)26)14-15-10-6-4-7-11-15/h4-13,17-19H,14H2,1-3H3. The van der Waals surface area contributed by atoms with E-state index in [1.54, 1.807) is 0 Å². The van der Waals surface area contributed by atoms with E-state index in [0.717, 1.165) is 11.3 Å². The van der Waals surface area contributed by atoms with Gasteiger partial charge in [-0.15, -0.1) is 0 Å². The Labute approximate surface area is 154 Å². The highest BCUT2D eigenvalue weighted by Gasteiger charge is 2.69. The van der Waals surface area contributed by atoms with E-state index in [9.17, 15) is 9.59 Å². The van der Waals surface area contributed by atoms with Crippen LogP contribution in [0.1, 0.15) is 19.4 Å². The van der Waals surface area contributed by atoms with Crippen LogP contribution in [0.25, 0.3) is 0 Å². The summed E-state index contributed by atoms with van der Waals surface area (Å²) in [6, 6.07) is 19.8. The lowest BCUT2D eigenvalue weighted by Gasteiger charge is -2.56. The largest absolute Gasteiger partial charge is 0.370 e. The number of carbonyl (C=O) groups is 2. The molecule has 1 aliphatic heterocycles. The van der Waals surface area contributed by atoms with Crippen LogP contribution in [0.3, 0.4) is 0 Å². The fraction of sp³-hybridized carbons (Fsp3) is 0.364. The zero-order valence-electron chi connectivity index (χ0n) is 15.4. The molecule has 2 aromatic carbocycles. The summed E-state index contributed by atoms with van der Waals surface area (Å²) in [7, 11) is 2.02. The van der Waals surface area contributed by atoms with Crippen molar-refractivity contribution in [2.24, 2.45) is 17.3 Å². The van der Waals surface area contributed by atoms with Gasteiger partial charge in [0.25, 0.3) is 0 Å². The zero-order chi connectivity index (χ0) is 18.5. The van der Waals surface area contributed by atoms with Crippen molar-refractivity contribution in [1.29, 1.82) is 0 Å². The Hall–Kier alpha value is -2.62. The minimum atomic E-state index is -0.258. The second kappa shape index (κ2) is 5.97. The lowest BCUT2D eigenvalue weighted by Crippen LogP contribution is -2.65. The summed E-state index contributed by atoms with van der Waals surface area (Å²) in [6.45, 7) is 4.58. The molecule has 4 heteroatoms. The molecule has 3 unspecified atom stereocenters. The molecule has 1 heterocycles. The maximum Gasteiger partial charge on any atom is 0.235 e. The SMILES string of the molecule is CN(c1ccccc1)C1C2C(=O)N(Cc3ccccc3)C(=O)C2C1(C)C. The number of rotatable bonds is 4. The number of hydrogen-bond acceptors (Lipinski definition) is 3. The first kappa shape index (κ1) is 16.8. The highest BCUT2D eigenvalue weighted by Crippen LogP contribution is 2.58. The molecule has 2 aromatic rings. The van der Waals surface area contributed by atoms with Gasteiger partial charge in [-0.3, -0.25) is 14.5 Å². The Morgan fingerprint density at radius 2 is 1.50 bits per heavy atom. The number of hydrogen-bond donors (Lipinski definition) is 0. The summed E-state index contributed by atoms with van der Waals surface area (Å²) in [5.74, 6) is -0.538. The van der Waals surface area contributed by atoms with Crippen molar-refractivity contribution in [2.75, 3.05) is 11.9 Å². The van der Waals surface area contributed by atoms with Gasteiger partial charge in [-0.05, 0) is 23.1 Å². The van der Waals surface area contributed by atoms with E-state index in [1.165, 1.54) is 4.90 Å². The smallest absolute Gasteiger partial charge is 0.235 e. The fourth-order valence-corrected chi connectivity index (χ4v) is 4.86. The second-order valence-corrected chi connectivity index (χ2v) is 7.96. The van der Waals surface area contributed by atoms with Crippen LogP contribution in [0.5, 0.6) is 0 Å². The van der Waals surface area contributed by atoms with Gasteiger partial charge in [0.2, 0.25) is 11.8 Å². The van der Waals surface area contributed by atoms with Gasteiger partial charge < -0.3 is 4.90 Å². The number of imide groups is 1. The van der Waals surface area contributed by atoms with Crippen molar-refractivity contribution < 1.29 is 9.59 Å². The van der Waals surface area contributed by atoms with Gasteiger partial charge >= 0.3 is 0 Å². The van der Waals surface area contributed by atoms with Crippen LogP contribution in [0.4, 0.5) is 5.69 Å². The Morgan fingerprint density at radius 1 is 0.923 bits per heavy atom. The number of benzene rings is 2. The van der Waals surface area contributed by atoms with Crippen LogP contribution >= 0.6 is 0 Å². The number of para-hydroxylation sites is 1. The molecule has 1 saturated carbocycles. The van der Waals surface area contributed by atoms with Crippen molar-refractivity contribution in [3.05, 3.63) is 66.2 Å². The normalized spacial score (nSPS) is 26.4. The van der Waals surface area contributed by atoms with Crippen LogP contribution < -0.4 is 4.90 Å². The third-order valence-electron chi connectivity index (χ3n) is 6.11. The van der Waals surface area contributed by atoms with Crippen LogP contribution in [0.15, 0.2) is 60.7 Å². The van der Waals surface area contributed by atoms with Gasteiger partial charge in [0.1, 0.15) is 0 Å². The number of fused-ring (bicyclic) bond motifs is 1. The summed E-state index contributed by atoms with van der Waals surface area (Å²) >= 11 is 0. The molecule has 1 saturated heterocycles. The van der Waals surface area contributed by atoms with E-state index in [-0.39, 0.29) is 35.1 Å². The van der Waals surface area contributed by atoms with Crippen molar-refractivity contribution in [3.8, 4) is 0 Å². The molecule has 4 rings (SSSR count). The molecule has 2 fully saturated rings. The van der Waals surface area contributed by atoms with Crippen molar-refractivity contribution in [1.82, 2.24) is 4.90 Å².